The van der Waals surface area contributed by atoms with E-state index in [9.17, 15) is 17.6 Å². The van der Waals surface area contributed by atoms with Crippen LogP contribution in [0.25, 0.3) is 11.3 Å². The van der Waals surface area contributed by atoms with Gasteiger partial charge >= 0.3 is 10.2 Å². The van der Waals surface area contributed by atoms with E-state index >= 15 is 0 Å². The molecule has 11 heteroatoms. The Morgan fingerprint density at radius 1 is 1.21 bits per heavy atom. The summed E-state index contributed by atoms with van der Waals surface area (Å²) in [5.74, 6) is 0.0107. The predicted molar refractivity (Wildman–Crippen MR) is 149 cm³/mol. The molecule has 4 rings (SSSR count). The van der Waals surface area contributed by atoms with Crippen molar-refractivity contribution in [2.45, 2.75) is 46.6 Å². The second kappa shape index (κ2) is 11.2. The van der Waals surface area contributed by atoms with Crippen LogP contribution in [0.2, 0.25) is 0 Å². The van der Waals surface area contributed by atoms with Crippen LogP contribution >= 0.6 is 0 Å². The Kier molecular flexibility index (Phi) is 8.10. The Bertz CT molecular complexity index is 1450. The molecule has 39 heavy (non-hydrogen) atoms. The molecule has 3 aromatic rings. The normalized spacial score (nSPS) is 16.8. The summed E-state index contributed by atoms with van der Waals surface area (Å²) in [5.41, 5.74) is 0.635. The van der Waals surface area contributed by atoms with E-state index in [-0.39, 0.29) is 22.8 Å². The van der Waals surface area contributed by atoms with Gasteiger partial charge in [-0.15, -0.1) is 0 Å². The number of benzene rings is 1. The molecule has 3 heterocycles. The van der Waals surface area contributed by atoms with Crippen molar-refractivity contribution in [1.82, 2.24) is 14.7 Å². The highest BCUT2D eigenvalue weighted by atomic mass is 32.2. The Morgan fingerprint density at radius 2 is 1.97 bits per heavy atom. The number of aromatic nitrogens is 2. The lowest BCUT2D eigenvalue weighted by atomic mass is 9.90. The zero-order valence-corrected chi connectivity index (χ0v) is 23.5. The first-order chi connectivity index (χ1) is 18.4. The second-order valence-corrected chi connectivity index (χ2v) is 12.1. The summed E-state index contributed by atoms with van der Waals surface area (Å²) in [5, 5.41) is 0. The van der Waals surface area contributed by atoms with E-state index in [1.807, 2.05) is 18.7 Å². The Labute approximate surface area is 229 Å². The topological polar surface area (TPSA) is 114 Å². The maximum absolute atomic E-state index is 14.5. The number of carbonyl (C=O) groups excluding carboxylic acids is 1. The van der Waals surface area contributed by atoms with Gasteiger partial charge < -0.3 is 9.64 Å². The Balaban J connectivity index is 1.72. The summed E-state index contributed by atoms with van der Waals surface area (Å²) in [4.78, 5) is 24.0. The van der Waals surface area contributed by atoms with Crippen LogP contribution in [0.4, 0.5) is 16.0 Å². The van der Waals surface area contributed by atoms with Crippen molar-refractivity contribution < 1.29 is 22.3 Å². The van der Waals surface area contributed by atoms with Crippen molar-refractivity contribution in [3.8, 4) is 17.0 Å². The summed E-state index contributed by atoms with van der Waals surface area (Å²) >= 11 is 0. The van der Waals surface area contributed by atoms with E-state index < -0.39 is 21.9 Å². The minimum atomic E-state index is -4.27. The van der Waals surface area contributed by atoms with Crippen LogP contribution in [0.15, 0.2) is 54.7 Å². The Hall–Kier alpha value is -3.73. The van der Waals surface area contributed by atoms with Gasteiger partial charge in [-0.2, -0.15) is 8.42 Å². The van der Waals surface area contributed by atoms with Crippen molar-refractivity contribution in [2.24, 2.45) is 11.8 Å². The first-order valence-electron chi connectivity index (χ1n) is 12.8. The Morgan fingerprint density at radius 3 is 2.62 bits per heavy atom. The fraction of sp³-hybridized carbons (Fsp3) is 0.393. The quantitative estimate of drug-likeness (QED) is 0.381. The lowest BCUT2D eigenvalue weighted by molar-refractivity contribution is 0.0981. The molecule has 0 saturated carbocycles. The van der Waals surface area contributed by atoms with Gasteiger partial charge in [-0.1, -0.05) is 26.8 Å². The molecule has 1 aliphatic rings. The molecule has 2 N–H and O–H groups in total. The number of amides is 1. The number of anilines is 2. The van der Waals surface area contributed by atoms with Crippen LogP contribution in [0.5, 0.6) is 5.75 Å². The monoisotopic (exact) mass is 555 g/mol. The zero-order chi connectivity index (χ0) is 28.4. The minimum absolute atomic E-state index is 0.0718. The smallest absolute Gasteiger partial charge is 0.325 e. The van der Waals surface area contributed by atoms with Gasteiger partial charge in [0.1, 0.15) is 23.2 Å². The number of nitrogens with zero attached hydrogens (tertiary/aromatic N) is 3. The molecule has 0 radical (unpaired) electrons. The molecule has 2 aromatic heterocycles. The second-order valence-electron chi connectivity index (χ2n) is 10.7. The molecule has 0 aliphatic carbocycles. The first kappa shape index (κ1) is 28.3. The number of nitrogens with one attached hydrogen (secondary N) is 2. The van der Waals surface area contributed by atoms with E-state index in [2.05, 4.69) is 35.2 Å². The predicted octanol–water partition coefficient (Wildman–Crippen LogP) is 5.03. The summed E-state index contributed by atoms with van der Waals surface area (Å²) < 4.78 is 50.0. The number of ether oxygens (including phenoxy) is 1. The molecule has 0 spiro atoms. The number of rotatable bonds is 9. The number of carbonyl (C=O) groups is 1. The molecule has 1 amide bonds. The SMILES string of the molecule is CC(C)COc1cc(F)cc(-c2ccc(C(=O)NS(=O)(=O)Nc3ccccn3)c(N3CCC(C)C3(C)C)n2)c1. The number of halogens is 1. The summed E-state index contributed by atoms with van der Waals surface area (Å²) in [6, 6.07) is 12.2. The molecular formula is C28H34FN5O4S. The average molecular weight is 556 g/mol. The van der Waals surface area contributed by atoms with Crippen molar-refractivity contribution in [1.29, 1.82) is 0 Å². The third-order valence-corrected chi connectivity index (χ3v) is 7.88. The van der Waals surface area contributed by atoms with Gasteiger partial charge in [0.15, 0.2) is 0 Å². The van der Waals surface area contributed by atoms with Gasteiger partial charge in [0, 0.05) is 29.9 Å². The van der Waals surface area contributed by atoms with E-state index in [0.29, 0.717) is 41.9 Å². The van der Waals surface area contributed by atoms with Crippen molar-refractivity contribution >= 4 is 27.8 Å². The fourth-order valence-electron chi connectivity index (χ4n) is 4.42. The van der Waals surface area contributed by atoms with E-state index in [1.54, 1.807) is 24.3 Å². The summed E-state index contributed by atoms with van der Waals surface area (Å²) in [6.07, 6.45) is 2.30. The van der Waals surface area contributed by atoms with Gasteiger partial charge in [0.05, 0.1) is 17.9 Å². The van der Waals surface area contributed by atoms with Crippen LogP contribution in [-0.2, 0) is 10.2 Å². The summed E-state index contributed by atoms with van der Waals surface area (Å²) in [7, 11) is -4.27. The van der Waals surface area contributed by atoms with Gasteiger partial charge in [0.25, 0.3) is 5.91 Å². The van der Waals surface area contributed by atoms with E-state index in [0.717, 1.165) is 6.42 Å². The van der Waals surface area contributed by atoms with Crippen LogP contribution < -0.4 is 19.1 Å². The van der Waals surface area contributed by atoms with Gasteiger partial charge in [-0.3, -0.25) is 9.52 Å². The zero-order valence-electron chi connectivity index (χ0n) is 22.7. The van der Waals surface area contributed by atoms with E-state index in [1.165, 1.54) is 30.5 Å². The lowest BCUT2D eigenvalue weighted by Gasteiger charge is -2.36. The van der Waals surface area contributed by atoms with Crippen LogP contribution in [0, 0.1) is 17.7 Å². The van der Waals surface area contributed by atoms with E-state index in [4.69, 9.17) is 9.72 Å². The minimum Gasteiger partial charge on any atom is -0.493 e. The third kappa shape index (κ3) is 6.65. The maximum Gasteiger partial charge on any atom is 0.325 e. The molecule has 1 unspecified atom stereocenters. The van der Waals surface area contributed by atoms with Crippen LogP contribution in [0.3, 0.4) is 0 Å². The van der Waals surface area contributed by atoms with Gasteiger partial charge in [-0.05, 0) is 68.5 Å². The third-order valence-electron chi connectivity index (χ3n) is 6.94. The molecule has 1 atom stereocenters. The lowest BCUT2D eigenvalue weighted by Crippen LogP contribution is -2.44. The first-order valence-corrected chi connectivity index (χ1v) is 14.3. The molecule has 9 nitrogen and oxygen atoms in total. The molecular weight excluding hydrogens is 521 g/mol. The highest BCUT2D eigenvalue weighted by molar-refractivity contribution is 7.91. The largest absolute Gasteiger partial charge is 0.493 e. The molecule has 208 valence electrons. The van der Waals surface area contributed by atoms with Crippen LogP contribution in [-0.4, -0.2) is 43.0 Å². The fourth-order valence-corrected chi connectivity index (χ4v) is 5.22. The highest BCUT2D eigenvalue weighted by Crippen LogP contribution is 2.39. The number of hydrogen-bond donors (Lipinski definition) is 2. The van der Waals surface area contributed by atoms with Crippen molar-refractivity contribution in [3.63, 3.8) is 0 Å². The standard InChI is InChI=1S/C28H34FN5O4S/c1-18(2)17-38-22-15-20(14-21(29)16-22)24-10-9-23(26(31-24)34-13-11-19(3)28(34,4)5)27(35)33-39(36,37)32-25-8-6-7-12-30-25/h6-10,12,14-16,18-19H,11,13,17H2,1-5H3,(H,30,32)(H,33,35). The molecule has 1 saturated heterocycles. The highest BCUT2D eigenvalue weighted by Gasteiger charge is 2.41. The van der Waals surface area contributed by atoms with Gasteiger partial charge in [0.2, 0.25) is 0 Å². The molecule has 1 aliphatic heterocycles. The number of pyridine rings is 2. The molecule has 0 bridgehead atoms. The molecule has 1 fully saturated rings. The van der Waals surface area contributed by atoms with Crippen LogP contribution in [0.1, 0.15) is 51.4 Å². The average Bonchev–Trinajstić information content (AvgIpc) is 3.13. The van der Waals surface area contributed by atoms with Crippen molar-refractivity contribution in [3.05, 3.63) is 66.1 Å². The van der Waals surface area contributed by atoms with Crippen molar-refractivity contribution in [2.75, 3.05) is 22.8 Å². The van der Waals surface area contributed by atoms with Gasteiger partial charge in [-0.25, -0.2) is 19.1 Å². The summed E-state index contributed by atoms with van der Waals surface area (Å²) in [6.45, 7) is 11.3. The molecule has 1 aromatic carbocycles. The maximum atomic E-state index is 14.5. The number of hydrogen-bond acceptors (Lipinski definition) is 7.